The van der Waals surface area contributed by atoms with Crippen LogP contribution in [0.5, 0.6) is 0 Å². The summed E-state index contributed by atoms with van der Waals surface area (Å²) < 4.78 is 0. The van der Waals surface area contributed by atoms with Crippen molar-refractivity contribution in [3.8, 4) is 0 Å². The molecule has 1 saturated heterocycles. The fourth-order valence-corrected chi connectivity index (χ4v) is 3.99. The van der Waals surface area contributed by atoms with E-state index in [2.05, 4.69) is 17.0 Å². The summed E-state index contributed by atoms with van der Waals surface area (Å²) in [6.45, 7) is 4.46. The summed E-state index contributed by atoms with van der Waals surface area (Å²) in [5.74, 6) is 0.479. The Morgan fingerprint density at radius 2 is 1.50 bits per heavy atom. The molecule has 0 bridgehead atoms. The van der Waals surface area contributed by atoms with Gasteiger partial charge in [0.2, 0.25) is 0 Å². The molecule has 3 rings (SSSR count). The number of rotatable bonds is 7. The number of carbonyl (C=O) groups is 2. The Kier molecular flexibility index (Phi) is 6.00. The number of benzene rings is 2. The van der Waals surface area contributed by atoms with Gasteiger partial charge < -0.3 is 4.90 Å². The van der Waals surface area contributed by atoms with E-state index in [1.54, 1.807) is 6.92 Å². The first-order chi connectivity index (χ1) is 12.6. The first kappa shape index (κ1) is 18.5. The molecule has 1 fully saturated rings. The van der Waals surface area contributed by atoms with Gasteiger partial charge in [-0.25, -0.2) is 0 Å². The van der Waals surface area contributed by atoms with Gasteiger partial charge in [0.1, 0.15) is 5.78 Å². The summed E-state index contributed by atoms with van der Waals surface area (Å²) in [7, 11) is 0. The van der Waals surface area contributed by atoms with E-state index in [4.69, 9.17) is 0 Å². The third-order valence-corrected chi connectivity index (χ3v) is 5.68. The van der Waals surface area contributed by atoms with Crippen LogP contribution >= 0.6 is 0 Å². The van der Waals surface area contributed by atoms with Gasteiger partial charge in [0.05, 0.1) is 5.41 Å². The molecule has 0 unspecified atom stereocenters. The number of Topliss-reactive ketones (excluding diaryl/α,β-unsaturated/α-hetero) is 2. The minimum Gasteiger partial charge on any atom is -0.303 e. The van der Waals surface area contributed by atoms with Gasteiger partial charge in [-0.15, -0.1) is 0 Å². The number of piperidine rings is 1. The summed E-state index contributed by atoms with van der Waals surface area (Å²) in [6.07, 6.45) is 3.17. The molecular formula is C23H27NO2. The van der Waals surface area contributed by atoms with Gasteiger partial charge in [-0.1, -0.05) is 60.7 Å². The van der Waals surface area contributed by atoms with Gasteiger partial charge in [0.25, 0.3) is 0 Å². The topological polar surface area (TPSA) is 37.4 Å². The fraction of sp³-hybridized carbons (Fsp3) is 0.391. The normalized spacial score (nSPS) is 17.0. The second-order valence-corrected chi connectivity index (χ2v) is 7.24. The molecule has 1 aliphatic rings. The average molecular weight is 349 g/mol. The van der Waals surface area contributed by atoms with Crippen molar-refractivity contribution in [1.82, 2.24) is 4.90 Å². The highest BCUT2D eigenvalue weighted by molar-refractivity contribution is 5.95. The molecule has 0 saturated carbocycles. The second kappa shape index (κ2) is 8.41. The molecule has 0 N–H and O–H groups in total. The number of hydrogen-bond acceptors (Lipinski definition) is 3. The van der Waals surface area contributed by atoms with E-state index in [1.165, 1.54) is 0 Å². The van der Waals surface area contributed by atoms with Crippen LogP contribution in [0, 0.1) is 0 Å². The predicted octanol–water partition coefficient (Wildman–Crippen LogP) is 4.27. The van der Waals surface area contributed by atoms with Crippen molar-refractivity contribution < 1.29 is 9.59 Å². The smallest absolute Gasteiger partial charge is 0.162 e. The Morgan fingerprint density at radius 1 is 0.923 bits per heavy atom. The van der Waals surface area contributed by atoms with Crippen molar-refractivity contribution >= 4 is 11.6 Å². The van der Waals surface area contributed by atoms with Crippen LogP contribution in [0.1, 0.15) is 48.5 Å². The van der Waals surface area contributed by atoms with Crippen molar-refractivity contribution in [3.63, 3.8) is 0 Å². The standard InChI is InChI=1S/C23H27NO2/c1-19(25)23(21-11-6-3-7-12-21)14-17-24(18-15-23)16-8-13-22(26)20-9-4-2-5-10-20/h2-7,9-12H,8,13-18H2,1H3. The van der Waals surface area contributed by atoms with Crippen LogP contribution in [0.2, 0.25) is 0 Å². The van der Waals surface area contributed by atoms with Crippen LogP contribution in [0.25, 0.3) is 0 Å². The number of likely N-dealkylation sites (tertiary alicyclic amines) is 1. The van der Waals surface area contributed by atoms with E-state index in [9.17, 15) is 9.59 Å². The lowest BCUT2D eigenvalue weighted by molar-refractivity contribution is -0.124. The molecule has 136 valence electrons. The van der Waals surface area contributed by atoms with Gasteiger partial charge in [-0.3, -0.25) is 9.59 Å². The van der Waals surface area contributed by atoms with Crippen molar-refractivity contribution in [1.29, 1.82) is 0 Å². The largest absolute Gasteiger partial charge is 0.303 e. The molecule has 1 aliphatic heterocycles. The first-order valence-electron chi connectivity index (χ1n) is 9.49. The molecular weight excluding hydrogens is 322 g/mol. The molecule has 0 spiro atoms. The highest BCUT2D eigenvalue weighted by atomic mass is 16.1. The molecule has 0 atom stereocenters. The highest BCUT2D eigenvalue weighted by Crippen LogP contribution is 2.36. The first-order valence-corrected chi connectivity index (χ1v) is 9.49. The summed E-state index contributed by atoms with van der Waals surface area (Å²) in [5.41, 5.74) is 1.61. The number of carbonyl (C=O) groups excluding carboxylic acids is 2. The summed E-state index contributed by atoms with van der Waals surface area (Å²) in [6, 6.07) is 19.7. The van der Waals surface area contributed by atoms with Gasteiger partial charge in [0.15, 0.2) is 5.78 Å². The number of ketones is 2. The molecule has 3 heteroatoms. The lowest BCUT2D eigenvalue weighted by Crippen LogP contribution is -2.46. The third-order valence-electron chi connectivity index (χ3n) is 5.68. The molecule has 0 aliphatic carbocycles. The van der Waals surface area contributed by atoms with Gasteiger partial charge >= 0.3 is 0 Å². The van der Waals surface area contributed by atoms with Crippen molar-refractivity contribution in [3.05, 3.63) is 71.8 Å². The zero-order valence-corrected chi connectivity index (χ0v) is 15.5. The lowest BCUT2D eigenvalue weighted by atomic mass is 9.70. The zero-order chi connectivity index (χ0) is 18.4. The van der Waals surface area contributed by atoms with Crippen LogP contribution in [-0.4, -0.2) is 36.1 Å². The van der Waals surface area contributed by atoms with Crippen molar-refractivity contribution in [2.45, 2.75) is 38.0 Å². The van der Waals surface area contributed by atoms with E-state index in [-0.39, 0.29) is 17.0 Å². The van der Waals surface area contributed by atoms with Gasteiger partial charge in [-0.05, 0) is 51.4 Å². The quantitative estimate of drug-likeness (QED) is 0.701. The molecule has 2 aromatic carbocycles. The molecule has 26 heavy (non-hydrogen) atoms. The lowest BCUT2D eigenvalue weighted by Gasteiger charge is -2.40. The monoisotopic (exact) mass is 349 g/mol. The van der Waals surface area contributed by atoms with Crippen LogP contribution in [0.4, 0.5) is 0 Å². The molecule has 2 aromatic rings. The Hall–Kier alpha value is -2.26. The molecule has 0 amide bonds. The second-order valence-electron chi connectivity index (χ2n) is 7.24. The van der Waals surface area contributed by atoms with E-state index < -0.39 is 0 Å². The molecule has 0 radical (unpaired) electrons. The van der Waals surface area contributed by atoms with Crippen molar-refractivity contribution in [2.24, 2.45) is 0 Å². The minimum atomic E-state index is -0.336. The highest BCUT2D eigenvalue weighted by Gasteiger charge is 2.40. The van der Waals surface area contributed by atoms with Crippen LogP contribution in [-0.2, 0) is 10.2 Å². The maximum Gasteiger partial charge on any atom is 0.162 e. The maximum atomic E-state index is 12.4. The van der Waals surface area contributed by atoms with Crippen LogP contribution in [0.3, 0.4) is 0 Å². The fourth-order valence-electron chi connectivity index (χ4n) is 3.99. The number of hydrogen-bond donors (Lipinski definition) is 0. The van der Waals surface area contributed by atoms with E-state index in [1.807, 2.05) is 48.5 Å². The predicted molar refractivity (Wildman–Crippen MR) is 104 cm³/mol. The summed E-state index contributed by atoms with van der Waals surface area (Å²) in [4.78, 5) is 27.0. The number of nitrogens with zero attached hydrogens (tertiary/aromatic N) is 1. The SMILES string of the molecule is CC(=O)C1(c2ccccc2)CCN(CCCC(=O)c2ccccc2)CC1. The Balaban J connectivity index is 1.52. The molecule has 0 aromatic heterocycles. The Labute approximate surface area is 156 Å². The van der Waals surface area contributed by atoms with Crippen molar-refractivity contribution in [2.75, 3.05) is 19.6 Å². The minimum absolute atomic E-state index is 0.213. The maximum absolute atomic E-state index is 12.4. The summed E-state index contributed by atoms with van der Waals surface area (Å²) >= 11 is 0. The van der Waals surface area contributed by atoms with E-state index in [0.717, 1.165) is 50.0 Å². The van der Waals surface area contributed by atoms with E-state index in [0.29, 0.717) is 6.42 Å². The Bertz CT molecular complexity index is 731. The zero-order valence-electron chi connectivity index (χ0n) is 15.5. The van der Waals surface area contributed by atoms with Crippen LogP contribution in [0.15, 0.2) is 60.7 Å². The molecule has 1 heterocycles. The molecule has 3 nitrogen and oxygen atoms in total. The van der Waals surface area contributed by atoms with E-state index >= 15 is 0 Å². The van der Waals surface area contributed by atoms with Gasteiger partial charge in [-0.2, -0.15) is 0 Å². The Morgan fingerprint density at radius 3 is 2.08 bits per heavy atom. The van der Waals surface area contributed by atoms with Gasteiger partial charge in [0, 0.05) is 12.0 Å². The average Bonchev–Trinajstić information content (AvgIpc) is 2.69. The summed E-state index contributed by atoms with van der Waals surface area (Å²) in [5, 5.41) is 0. The van der Waals surface area contributed by atoms with Crippen LogP contribution < -0.4 is 0 Å². The third kappa shape index (κ3) is 4.10.